The zero-order valence-electron chi connectivity index (χ0n) is 16.1. The molecule has 0 unspecified atom stereocenters. The van der Waals surface area contributed by atoms with E-state index in [0.717, 1.165) is 11.1 Å². The van der Waals surface area contributed by atoms with Crippen molar-refractivity contribution in [2.45, 2.75) is 20.8 Å². The van der Waals surface area contributed by atoms with Crippen LogP contribution in [0, 0.1) is 6.92 Å². The Bertz CT molecular complexity index is 993. The number of carbonyl (C=O) groups excluding carboxylic acids is 2. The first-order valence-electron chi connectivity index (χ1n) is 9.17. The van der Waals surface area contributed by atoms with E-state index in [-0.39, 0.29) is 24.5 Å². The summed E-state index contributed by atoms with van der Waals surface area (Å²) in [5.41, 5.74) is 2.90. The van der Waals surface area contributed by atoms with Gasteiger partial charge in [0.15, 0.2) is 5.69 Å². The molecule has 6 nitrogen and oxygen atoms in total. The summed E-state index contributed by atoms with van der Waals surface area (Å²) in [6.07, 6.45) is 0. The summed E-state index contributed by atoms with van der Waals surface area (Å²) in [5, 5.41) is 4.63. The number of aryl methyl sites for hydroxylation is 1. The van der Waals surface area contributed by atoms with Crippen LogP contribution in [0.1, 0.15) is 40.3 Å². The first-order chi connectivity index (χ1) is 13.6. The molecule has 144 valence electrons. The van der Waals surface area contributed by atoms with Gasteiger partial charge in [0.05, 0.1) is 18.9 Å². The molecule has 3 aromatic rings. The highest BCUT2D eigenvalue weighted by atomic mass is 16.5. The van der Waals surface area contributed by atoms with E-state index >= 15 is 0 Å². The molecule has 0 saturated carbocycles. The van der Waals surface area contributed by atoms with Crippen LogP contribution in [-0.4, -0.2) is 34.9 Å². The molecule has 0 amide bonds. The number of esters is 2. The first kappa shape index (κ1) is 19.4. The molecule has 0 spiro atoms. The first-order valence-corrected chi connectivity index (χ1v) is 9.17. The molecule has 0 radical (unpaired) electrons. The van der Waals surface area contributed by atoms with Crippen LogP contribution in [0.4, 0.5) is 0 Å². The summed E-state index contributed by atoms with van der Waals surface area (Å²) in [6, 6.07) is 16.7. The molecule has 0 atom stereocenters. The van der Waals surface area contributed by atoms with Gasteiger partial charge in [-0.2, -0.15) is 5.10 Å². The Morgan fingerprint density at radius 2 is 1.50 bits per heavy atom. The number of hydrogen-bond acceptors (Lipinski definition) is 5. The van der Waals surface area contributed by atoms with Gasteiger partial charge in [-0.25, -0.2) is 14.3 Å². The Hall–Kier alpha value is -3.41. The average Bonchev–Trinajstić information content (AvgIpc) is 3.10. The Morgan fingerprint density at radius 1 is 0.893 bits per heavy atom. The molecular formula is C22H22N2O4. The van der Waals surface area contributed by atoms with E-state index < -0.39 is 11.9 Å². The summed E-state index contributed by atoms with van der Waals surface area (Å²) < 4.78 is 11.9. The zero-order chi connectivity index (χ0) is 20.1. The number of ether oxygens (including phenoxy) is 2. The third-order valence-corrected chi connectivity index (χ3v) is 4.23. The Labute approximate surface area is 163 Å². The topological polar surface area (TPSA) is 70.4 Å². The van der Waals surface area contributed by atoms with Crippen molar-refractivity contribution in [3.63, 3.8) is 0 Å². The monoisotopic (exact) mass is 378 g/mol. The Kier molecular flexibility index (Phi) is 5.89. The van der Waals surface area contributed by atoms with Crippen molar-refractivity contribution in [3.8, 4) is 16.9 Å². The number of nitrogens with zero attached hydrogens (tertiary/aromatic N) is 2. The fraction of sp³-hybridized carbons (Fsp3) is 0.227. The van der Waals surface area contributed by atoms with Gasteiger partial charge in [0, 0.05) is 5.56 Å². The summed E-state index contributed by atoms with van der Waals surface area (Å²) in [7, 11) is 0. The Balaban J connectivity index is 2.34. The largest absolute Gasteiger partial charge is 0.462 e. The Morgan fingerprint density at radius 3 is 2.14 bits per heavy atom. The fourth-order valence-corrected chi connectivity index (χ4v) is 2.99. The molecule has 3 rings (SSSR count). The van der Waals surface area contributed by atoms with Crippen LogP contribution < -0.4 is 0 Å². The smallest absolute Gasteiger partial charge is 0.357 e. The second-order valence-electron chi connectivity index (χ2n) is 6.08. The van der Waals surface area contributed by atoms with E-state index in [1.165, 1.54) is 4.68 Å². The van der Waals surface area contributed by atoms with E-state index in [1.807, 2.05) is 61.5 Å². The van der Waals surface area contributed by atoms with Gasteiger partial charge in [0.25, 0.3) is 0 Å². The van der Waals surface area contributed by atoms with Crippen molar-refractivity contribution in [2.75, 3.05) is 13.2 Å². The molecule has 0 aliphatic heterocycles. The van der Waals surface area contributed by atoms with Gasteiger partial charge in [-0.1, -0.05) is 42.5 Å². The van der Waals surface area contributed by atoms with Gasteiger partial charge in [0.2, 0.25) is 0 Å². The third kappa shape index (κ3) is 3.67. The summed E-state index contributed by atoms with van der Waals surface area (Å²) in [5.74, 6) is -1.23. The molecule has 0 bridgehead atoms. The lowest BCUT2D eigenvalue weighted by Gasteiger charge is -2.09. The zero-order valence-corrected chi connectivity index (χ0v) is 16.1. The highest BCUT2D eigenvalue weighted by molar-refractivity contribution is 6.07. The standard InChI is InChI=1S/C22H22N2O4/c1-4-27-21(25)18-19(17-14-10-9-11-15(17)3)23-24(16-12-7-6-8-13-16)20(18)22(26)28-5-2/h6-14H,4-5H2,1-3H3. The number of carbonyl (C=O) groups is 2. The summed E-state index contributed by atoms with van der Waals surface area (Å²) in [6.45, 7) is 5.73. The highest BCUT2D eigenvalue weighted by Gasteiger charge is 2.32. The van der Waals surface area contributed by atoms with Crippen LogP contribution in [-0.2, 0) is 9.47 Å². The van der Waals surface area contributed by atoms with Gasteiger partial charge in [-0.15, -0.1) is 0 Å². The third-order valence-electron chi connectivity index (χ3n) is 4.23. The predicted octanol–water partition coefficient (Wildman–Crippen LogP) is 4.20. The number of aromatic nitrogens is 2. The maximum absolute atomic E-state index is 12.8. The lowest BCUT2D eigenvalue weighted by Crippen LogP contribution is -2.17. The average molecular weight is 378 g/mol. The number of para-hydroxylation sites is 1. The van der Waals surface area contributed by atoms with Crippen LogP contribution in [0.2, 0.25) is 0 Å². The molecule has 0 saturated heterocycles. The van der Waals surface area contributed by atoms with Crippen molar-refractivity contribution in [3.05, 3.63) is 71.4 Å². The van der Waals surface area contributed by atoms with E-state index in [0.29, 0.717) is 11.4 Å². The second-order valence-corrected chi connectivity index (χ2v) is 6.08. The summed E-state index contributed by atoms with van der Waals surface area (Å²) >= 11 is 0. The van der Waals surface area contributed by atoms with Crippen LogP contribution in [0.3, 0.4) is 0 Å². The SMILES string of the molecule is CCOC(=O)c1c(-c2ccccc2C)nn(-c2ccccc2)c1C(=O)OCC. The molecule has 0 aliphatic rings. The second kappa shape index (κ2) is 8.52. The molecule has 0 fully saturated rings. The molecule has 0 aliphatic carbocycles. The van der Waals surface area contributed by atoms with Crippen molar-refractivity contribution in [1.29, 1.82) is 0 Å². The molecule has 0 N–H and O–H groups in total. The van der Waals surface area contributed by atoms with Crippen LogP contribution >= 0.6 is 0 Å². The quantitative estimate of drug-likeness (QED) is 0.601. The minimum atomic E-state index is -0.623. The normalized spacial score (nSPS) is 10.5. The maximum Gasteiger partial charge on any atom is 0.357 e. The van der Waals surface area contributed by atoms with Crippen molar-refractivity contribution in [1.82, 2.24) is 9.78 Å². The van der Waals surface area contributed by atoms with Gasteiger partial charge in [-0.3, -0.25) is 0 Å². The van der Waals surface area contributed by atoms with Crippen molar-refractivity contribution >= 4 is 11.9 Å². The van der Waals surface area contributed by atoms with Gasteiger partial charge in [-0.05, 0) is 38.5 Å². The number of hydrogen-bond donors (Lipinski definition) is 0. The predicted molar refractivity (Wildman–Crippen MR) is 106 cm³/mol. The maximum atomic E-state index is 12.8. The van der Waals surface area contributed by atoms with E-state index in [9.17, 15) is 9.59 Å². The molecule has 2 aromatic carbocycles. The van der Waals surface area contributed by atoms with Crippen molar-refractivity contribution in [2.24, 2.45) is 0 Å². The molecule has 1 aromatic heterocycles. The van der Waals surface area contributed by atoms with Gasteiger partial charge in [0.1, 0.15) is 11.3 Å². The van der Waals surface area contributed by atoms with Gasteiger partial charge >= 0.3 is 11.9 Å². The van der Waals surface area contributed by atoms with Crippen LogP contribution in [0.15, 0.2) is 54.6 Å². The lowest BCUT2D eigenvalue weighted by atomic mass is 10.0. The van der Waals surface area contributed by atoms with Crippen LogP contribution in [0.5, 0.6) is 0 Å². The van der Waals surface area contributed by atoms with Crippen molar-refractivity contribution < 1.29 is 19.1 Å². The molecular weight excluding hydrogens is 356 g/mol. The number of benzene rings is 2. The fourth-order valence-electron chi connectivity index (χ4n) is 2.99. The van der Waals surface area contributed by atoms with E-state index in [1.54, 1.807) is 13.8 Å². The minimum absolute atomic E-state index is 0.0600. The molecule has 6 heteroatoms. The molecule has 1 heterocycles. The van der Waals surface area contributed by atoms with E-state index in [2.05, 4.69) is 5.10 Å². The minimum Gasteiger partial charge on any atom is -0.462 e. The van der Waals surface area contributed by atoms with Gasteiger partial charge < -0.3 is 9.47 Å². The number of rotatable bonds is 6. The van der Waals surface area contributed by atoms with Crippen LogP contribution in [0.25, 0.3) is 16.9 Å². The molecule has 28 heavy (non-hydrogen) atoms. The summed E-state index contributed by atoms with van der Waals surface area (Å²) in [4.78, 5) is 25.6. The highest BCUT2D eigenvalue weighted by Crippen LogP contribution is 2.31. The van der Waals surface area contributed by atoms with E-state index in [4.69, 9.17) is 9.47 Å². The lowest BCUT2D eigenvalue weighted by molar-refractivity contribution is 0.0473.